The zero-order valence-electron chi connectivity index (χ0n) is 21.5. The number of ether oxygens (including phenoxy) is 1. The molecule has 2 aromatic heterocycles. The molecule has 0 N–H and O–H groups in total. The molecule has 3 aromatic rings. The molecule has 1 fully saturated rings. The summed E-state index contributed by atoms with van der Waals surface area (Å²) in [5.41, 5.74) is 0.669. The maximum Gasteiger partial charge on any atom is 0.419 e. The molecule has 0 bridgehead atoms. The van der Waals surface area contributed by atoms with Crippen molar-refractivity contribution in [2.45, 2.75) is 25.4 Å². The Balaban J connectivity index is 0.00000400. The van der Waals surface area contributed by atoms with Gasteiger partial charge in [0.2, 0.25) is 5.91 Å². The first-order valence-electron chi connectivity index (χ1n) is 12.1. The minimum Gasteiger partial charge on any atom is -0.493 e. The number of likely N-dealkylation sites (N-methyl/N-ethyl adjacent to an activating group) is 1. The fourth-order valence-corrected chi connectivity index (χ4v) is 4.49. The van der Waals surface area contributed by atoms with Gasteiger partial charge >= 0.3 is 6.18 Å². The van der Waals surface area contributed by atoms with Crippen LogP contribution in [0.4, 0.5) is 13.2 Å². The maximum absolute atomic E-state index is 13.9. The molecule has 204 valence electrons. The quantitative estimate of drug-likeness (QED) is 0.430. The predicted molar refractivity (Wildman–Crippen MR) is 139 cm³/mol. The highest BCUT2D eigenvalue weighted by Crippen LogP contribution is 2.39. The lowest BCUT2D eigenvalue weighted by Gasteiger charge is -2.32. The molecule has 0 saturated carbocycles. The van der Waals surface area contributed by atoms with Crippen molar-refractivity contribution in [2.24, 2.45) is 13.0 Å². The number of aryl methyl sites for hydroxylation is 1. The van der Waals surface area contributed by atoms with Gasteiger partial charge in [-0.25, -0.2) is 9.97 Å². The van der Waals surface area contributed by atoms with Gasteiger partial charge in [0, 0.05) is 26.7 Å². The number of alkyl halides is 3. The van der Waals surface area contributed by atoms with Crippen molar-refractivity contribution < 1.29 is 22.7 Å². The number of carbonyl (C=O) groups is 1. The molecular weight excluding hydrogens is 521 g/mol. The minimum atomic E-state index is -4.62. The predicted octanol–water partition coefficient (Wildman–Crippen LogP) is 4.52. The molecule has 1 aromatic carbocycles. The fourth-order valence-electron chi connectivity index (χ4n) is 4.49. The molecule has 0 atom stereocenters. The SMILES string of the molecule is CN(C)C(=O)CN1CCC(CCOc2ccc(-c3cc4c(ncn4C)c(C#N)n3)cc2C(F)(F)F)CC1.Cl. The molecule has 0 radical (unpaired) electrons. The van der Waals surface area contributed by atoms with Crippen LogP contribution in [0.25, 0.3) is 22.3 Å². The van der Waals surface area contributed by atoms with E-state index in [1.54, 1.807) is 36.7 Å². The summed E-state index contributed by atoms with van der Waals surface area (Å²) < 4.78 is 49.1. The summed E-state index contributed by atoms with van der Waals surface area (Å²) in [6.07, 6.45) is -0.706. The highest BCUT2D eigenvalue weighted by Gasteiger charge is 2.35. The molecule has 38 heavy (non-hydrogen) atoms. The van der Waals surface area contributed by atoms with Crippen LogP contribution >= 0.6 is 12.4 Å². The Morgan fingerprint density at radius 3 is 2.58 bits per heavy atom. The van der Waals surface area contributed by atoms with E-state index in [-0.39, 0.29) is 47.6 Å². The molecule has 8 nitrogen and oxygen atoms in total. The number of hydrogen-bond acceptors (Lipinski definition) is 6. The standard InChI is InChI=1S/C26H29F3N6O2.ClH/c1-33(2)24(36)15-35-9-6-17(7-10-35)8-11-37-23-5-4-18(12-19(23)26(27,28)29)20-13-22-25(21(14-30)32-20)31-16-34(22)3;/h4-5,12-13,16-17H,6-11,15H2,1-3H3;1H. The van der Waals surface area contributed by atoms with Crippen molar-refractivity contribution in [3.8, 4) is 23.1 Å². The summed E-state index contributed by atoms with van der Waals surface area (Å²) in [7, 11) is 5.20. The monoisotopic (exact) mass is 550 g/mol. The van der Waals surface area contributed by atoms with Gasteiger partial charge in [0.25, 0.3) is 0 Å². The first-order chi connectivity index (χ1) is 17.6. The van der Waals surface area contributed by atoms with E-state index >= 15 is 0 Å². The summed E-state index contributed by atoms with van der Waals surface area (Å²) >= 11 is 0. The van der Waals surface area contributed by atoms with Crippen LogP contribution in [0.15, 0.2) is 30.6 Å². The largest absolute Gasteiger partial charge is 0.493 e. The van der Waals surface area contributed by atoms with Crippen LogP contribution in [0.5, 0.6) is 5.75 Å². The molecule has 1 aliphatic heterocycles. The smallest absolute Gasteiger partial charge is 0.419 e. The van der Waals surface area contributed by atoms with Crippen LogP contribution in [-0.2, 0) is 18.0 Å². The minimum absolute atomic E-state index is 0. The van der Waals surface area contributed by atoms with Crippen LogP contribution in [0, 0.1) is 17.2 Å². The zero-order valence-corrected chi connectivity index (χ0v) is 22.3. The molecular formula is C26H30ClF3N6O2. The Hall–Kier alpha value is -3.36. The van der Waals surface area contributed by atoms with E-state index in [4.69, 9.17) is 4.74 Å². The van der Waals surface area contributed by atoms with Gasteiger partial charge in [-0.05, 0) is 62.5 Å². The summed E-state index contributed by atoms with van der Waals surface area (Å²) in [6, 6.07) is 7.45. The average molecular weight is 551 g/mol. The molecule has 0 aliphatic carbocycles. The molecule has 1 amide bonds. The normalized spacial score (nSPS) is 14.7. The van der Waals surface area contributed by atoms with E-state index in [9.17, 15) is 23.2 Å². The topological polar surface area (TPSA) is 87.3 Å². The lowest BCUT2D eigenvalue weighted by molar-refractivity contribution is -0.139. The number of carbonyl (C=O) groups excluding carboxylic acids is 1. The second-order valence-corrected chi connectivity index (χ2v) is 9.54. The second-order valence-electron chi connectivity index (χ2n) is 9.54. The summed E-state index contributed by atoms with van der Waals surface area (Å²) in [5, 5.41) is 9.44. The third kappa shape index (κ3) is 6.55. The van der Waals surface area contributed by atoms with Crippen LogP contribution in [-0.4, -0.2) is 70.6 Å². The Bertz CT molecular complexity index is 1330. The number of nitriles is 1. The highest BCUT2D eigenvalue weighted by molar-refractivity contribution is 5.85. The molecule has 0 unspecified atom stereocenters. The number of amides is 1. The summed E-state index contributed by atoms with van der Waals surface area (Å²) in [4.78, 5) is 24.0. The number of likely N-dealkylation sites (tertiary alicyclic amines) is 1. The number of benzene rings is 1. The number of pyridine rings is 1. The van der Waals surface area contributed by atoms with E-state index in [1.165, 1.54) is 18.5 Å². The molecule has 1 saturated heterocycles. The number of fused-ring (bicyclic) bond motifs is 1. The molecule has 12 heteroatoms. The zero-order chi connectivity index (χ0) is 26.7. The number of halogens is 4. The van der Waals surface area contributed by atoms with E-state index in [1.807, 2.05) is 6.07 Å². The number of nitrogens with zero attached hydrogens (tertiary/aromatic N) is 6. The van der Waals surface area contributed by atoms with Gasteiger partial charge < -0.3 is 14.2 Å². The van der Waals surface area contributed by atoms with Crippen LogP contribution < -0.4 is 4.74 Å². The lowest BCUT2D eigenvalue weighted by atomic mass is 9.94. The molecule has 3 heterocycles. The first-order valence-corrected chi connectivity index (χ1v) is 12.1. The number of aromatic nitrogens is 3. The lowest BCUT2D eigenvalue weighted by Crippen LogP contribution is -2.41. The Kier molecular flexibility index (Phi) is 9.22. The van der Waals surface area contributed by atoms with Gasteiger partial charge in [-0.2, -0.15) is 18.4 Å². The van der Waals surface area contributed by atoms with Crippen LogP contribution in [0.3, 0.4) is 0 Å². The molecule has 4 rings (SSSR count). The number of rotatable bonds is 7. The van der Waals surface area contributed by atoms with Crippen molar-refractivity contribution in [1.29, 1.82) is 5.26 Å². The number of piperidine rings is 1. The van der Waals surface area contributed by atoms with Gasteiger partial charge in [-0.3, -0.25) is 9.69 Å². The summed E-state index contributed by atoms with van der Waals surface area (Å²) in [5.74, 6) is 0.162. The van der Waals surface area contributed by atoms with E-state index in [2.05, 4.69) is 14.9 Å². The summed E-state index contributed by atoms with van der Waals surface area (Å²) in [6.45, 7) is 2.12. The molecule has 0 spiro atoms. The van der Waals surface area contributed by atoms with Crippen molar-refractivity contribution in [2.75, 3.05) is 40.3 Å². The average Bonchev–Trinajstić information content (AvgIpc) is 3.24. The molecule has 1 aliphatic rings. The Morgan fingerprint density at radius 2 is 1.95 bits per heavy atom. The van der Waals surface area contributed by atoms with Gasteiger partial charge in [0.1, 0.15) is 17.3 Å². The number of hydrogen-bond donors (Lipinski definition) is 0. The first kappa shape index (κ1) is 29.2. The fraction of sp³-hybridized carbons (Fsp3) is 0.462. The van der Waals surface area contributed by atoms with E-state index in [0.717, 1.165) is 32.0 Å². The van der Waals surface area contributed by atoms with E-state index in [0.29, 0.717) is 29.9 Å². The van der Waals surface area contributed by atoms with Gasteiger partial charge in [0.05, 0.1) is 36.3 Å². The third-order valence-electron chi connectivity index (χ3n) is 6.75. The van der Waals surface area contributed by atoms with Gasteiger partial charge in [-0.15, -0.1) is 12.4 Å². The Morgan fingerprint density at radius 1 is 1.24 bits per heavy atom. The number of imidazole rings is 1. The van der Waals surface area contributed by atoms with Crippen molar-refractivity contribution in [3.63, 3.8) is 0 Å². The third-order valence-corrected chi connectivity index (χ3v) is 6.75. The second kappa shape index (κ2) is 12.0. The van der Waals surface area contributed by atoms with Crippen LogP contribution in [0.1, 0.15) is 30.5 Å². The van der Waals surface area contributed by atoms with Crippen molar-refractivity contribution >= 4 is 29.3 Å². The van der Waals surface area contributed by atoms with Gasteiger partial charge in [0.15, 0.2) is 5.69 Å². The van der Waals surface area contributed by atoms with Crippen molar-refractivity contribution in [3.05, 3.63) is 41.9 Å². The van der Waals surface area contributed by atoms with Crippen LogP contribution in [0.2, 0.25) is 0 Å². The Labute approximate surface area is 225 Å². The van der Waals surface area contributed by atoms with Gasteiger partial charge in [-0.1, -0.05) is 0 Å². The highest BCUT2D eigenvalue weighted by atomic mass is 35.5. The van der Waals surface area contributed by atoms with E-state index < -0.39 is 11.7 Å². The maximum atomic E-state index is 13.9. The van der Waals surface area contributed by atoms with Crippen molar-refractivity contribution in [1.82, 2.24) is 24.3 Å².